The molecule has 0 aromatic carbocycles. The van der Waals surface area contributed by atoms with Gasteiger partial charge in [-0.05, 0) is 24.6 Å². The van der Waals surface area contributed by atoms with Crippen molar-refractivity contribution < 1.29 is 26.3 Å². The summed E-state index contributed by atoms with van der Waals surface area (Å²) in [4.78, 5) is 5.21. The van der Waals surface area contributed by atoms with Gasteiger partial charge in [-0.1, -0.05) is 0 Å². The van der Waals surface area contributed by atoms with Crippen LogP contribution in [0.1, 0.15) is 11.3 Å². The van der Waals surface area contributed by atoms with Gasteiger partial charge in [-0.2, -0.15) is 17.6 Å². The largest absolute Gasteiger partial charge is 0.377 e. The van der Waals surface area contributed by atoms with Gasteiger partial charge < -0.3 is 4.90 Å². The number of anilines is 1. The van der Waals surface area contributed by atoms with E-state index in [9.17, 15) is 26.3 Å². The van der Waals surface area contributed by atoms with Gasteiger partial charge in [0, 0.05) is 26.0 Å². The molecule has 0 radical (unpaired) electrons. The number of nitrogens with zero attached hydrogens (tertiary/aromatic N) is 2. The number of rotatable bonds is 2. The average Bonchev–Trinajstić information content (AvgIpc) is 2.42. The molecule has 1 heterocycles. The van der Waals surface area contributed by atoms with Crippen molar-refractivity contribution >= 4 is 11.3 Å². The maximum atomic E-state index is 13.9. The van der Waals surface area contributed by atoms with Crippen molar-refractivity contribution in [2.24, 2.45) is 0 Å². The minimum absolute atomic E-state index is 0.0594. The number of hydrogen-bond acceptors (Lipinski definition) is 2. The molecule has 0 unspecified atom stereocenters. The summed E-state index contributed by atoms with van der Waals surface area (Å²) >= 11 is 0. The summed E-state index contributed by atoms with van der Waals surface area (Å²) in [5, 5.41) is 0. The van der Waals surface area contributed by atoms with Gasteiger partial charge in [-0.15, -0.1) is 0 Å². The molecule has 2 rings (SSSR count). The smallest absolute Gasteiger partial charge is 0.368 e. The maximum Gasteiger partial charge on any atom is 0.368 e. The maximum absolute atomic E-state index is 13.9. The van der Waals surface area contributed by atoms with Crippen molar-refractivity contribution in [3.05, 3.63) is 41.3 Å². The second kappa shape index (κ2) is 5.03. The Hall–Kier alpha value is -1.99. The summed E-state index contributed by atoms with van der Waals surface area (Å²) in [6.07, 6.45) is 1.26. The molecule has 0 spiro atoms. The zero-order valence-corrected chi connectivity index (χ0v) is 11.9. The van der Waals surface area contributed by atoms with Gasteiger partial charge in [0.15, 0.2) is 5.83 Å². The first-order valence-corrected chi connectivity index (χ1v) is 6.18. The summed E-state index contributed by atoms with van der Waals surface area (Å²) in [5.74, 6) is -15.0. The third-order valence-corrected chi connectivity index (χ3v) is 3.32. The summed E-state index contributed by atoms with van der Waals surface area (Å²) in [6, 6.07) is 1.13. The summed E-state index contributed by atoms with van der Waals surface area (Å²) in [7, 11) is 3.24. The molecule has 0 bridgehead atoms. The summed E-state index contributed by atoms with van der Waals surface area (Å²) in [6.45, 7) is 1.65. The Morgan fingerprint density at radius 2 is 1.64 bits per heavy atom. The molecule has 1 aliphatic rings. The first-order chi connectivity index (χ1) is 10.00. The Morgan fingerprint density at radius 3 is 2.18 bits per heavy atom. The van der Waals surface area contributed by atoms with Gasteiger partial charge in [-0.3, -0.25) is 4.98 Å². The second-order valence-electron chi connectivity index (χ2n) is 5.12. The highest BCUT2D eigenvalue weighted by molar-refractivity contribution is 5.76. The minimum atomic E-state index is -5.26. The Bertz CT molecular complexity index is 676. The lowest BCUT2D eigenvalue weighted by atomic mass is 9.92. The third kappa shape index (κ3) is 2.26. The van der Waals surface area contributed by atoms with Crippen molar-refractivity contribution in [3.8, 4) is 0 Å². The number of alkyl halides is 4. The van der Waals surface area contributed by atoms with Gasteiger partial charge in [0.25, 0.3) is 0 Å². The predicted molar refractivity (Wildman–Crippen MR) is 70.4 cm³/mol. The molecule has 0 fully saturated rings. The SMILES string of the molecule is Cc1cnc(C2=CC(F)=C(F)C(F)(F)C2(F)F)cc1N(C)C. The van der Waals surface area contributed by atoms with Crippen LogP contribution in [0.25, 0.3) is 5.57 Å². The van der Waals surface area contributed by atoms with Crippen LogP contribution in [-0.4, -0.2) is 30.9 Å². The van der Waals surface area contributed by atoms with E-state index in [0.717, 1.165) is 6.07 Å². The Balaban J connectivity index is 2.66. The number of aryl methyl sites for hydroxylation is 1. The van der Waals surface area contributed by atoms with Gasteiger partial charge in [0.2, 0.25) is 5.83 Å². The first-order valence-electron chi connectivity index (χ1n) is 6.18. The van der Waals surface area contributed by atoms with Crippen LogP contribution >= 0.6 is 0 Å². The third-order valence-electron chi connectivity index (χ3n) is 3.32. The fourth-order valence-electron chi connectivity index (χ4n) is 2.11. The fourth-order valence-corrected chi connectivity index (χ4v) is 2.11. The van der Waals surface area contributed by atoms with Gasteiger partial charge in [0.1, 0.15) is 0 Å². The molecule has 0 amide bonds. The van der Waals surface area contributed by atoms with E-state index in [0.29, 0.717) is 11.3 Å². The zero-order valence-electron chi connectivity index (χ0n) is 11.9. The van der Waals surface area contributed by atoms with E-state index < -0.39 is 34.8 Å². The van der Waals surface area contributed by atoms with E-state index in [1.807, 2.05) is 0 Å². The molecular formula is C14H12F6N2. The number of hydrogen-bond donors (Lipinski definition) is 0. The van der Waals surface area contributed by atoms with Crippen LogP contribution in [0.4, 0.5) is 32.0 Å². The second-order valence-corrected chi connectivity index (χ2v) is 5.12. The number of halogens is 6. The first kappa shape index (κ1) is 16.4. The molecule has 2 nitrogen and oxygen atoms in total. The highest BCUT2D eigenvalue weighted by atomic mass is 19.3. The van der Waals surface area contributed by atoms with Crippen molar-refractivity contribution in [2.45, 2.75) is 18.8 Å². The molecule has 0 aliphatic heterocycles. The van der Waals surface area contributed by atoms with Crippen LogP contribution in [0.5, 0.6) is 0 Å². The van der Waals surface area contributed by atoms with Gasteiger partial charge >= 0.3 is 11.8 Å². The lowest BCUT2D eigenvalue weighted by molar-refractivity contribution is -0.160. The number of aromatic nitrogens is 1. The van der Waals surface area contributed by atoms with Crippen LogP contribution in [0.3, 0.4) is 0 Å². The van der Waals surface area contributed by atoms with E-state index in [1.165, 1.54) is 6.20 Å². The van der Waals surface area contributed by atoms with E-state index in [4.69, 9.17) is 0 Å². The van der Waals surface area contributed by atoms with Gasteiger partial charge in [0.05, 0.1) is 11.3 Å². The fraction of sp³-hybridized carbons (Fsp3) is 0.357. The molecule has 0 saturated carbocycles. The van der Waals surface area contributed by atoms with Crippen molar-refractivity contribution in [3.63, 3.8) is 0 Å². The Labute approximate surface area is 122 Å². The molecule has 22 heavy (non-hydrogen) atoms. The Kier molecular flexibility index (Phi) is 3.75. The lowest BCUT2D eigenvalue weighted by Gasteiger charge is -2.30. The number of allylic oxidation sites excluding steroid dienone is 4. The van der Waals surface area contributed by atoms with Crippen LogP contribution < -0.4 is 4.90 Å². The number of pyridine rings is 1. The predicted octanol–water partition coefficient (Wildman–Crippen LogP) is 4.27. The lowest BCUT2D eigenvalue weighted by Crippen LogP contribution is -2.44. The quantitative estimate of drug-likeness (QED) is 0.756. The molecule has 1 aliphatic carbocycles. The van der Waals surface area contributed by atoms with E-state index in [1.54, 1.807) is 25.9 Å². The van der Waals surface area contributed by atoms with E-state index in [-0.39, 0.29) is 6.08 Å². The highest BCUT2D eigenvalue weighted by Gasteiger charge is 2.65. The van der Waals surface area contributed by atoms with Crippen LogP contribution in [0, 0.1) is 6.92 Å². The molecule has 0 saturated heterocycles. The summed E-state index contributed by atoms with van der Waals surface area (Å²) < 4.78 is 80.8. The van der Waals surface area contributed by atoms with Crippen LogP contribution in [0.15, 0.2) is 30.0 Å². The monoisotopic (exact) mass is 322 g/mol. The topological polar surface area (TPSA) is 16.1 Å². The molecular weight excluding hydrogens is 310 g/mol. The van der Waals surface area contributed by atoms with Crippen molar-refractivity contribution in [1.29, 1.82) is 0 Å². The van der Waals surface area contributed by atoms with Crippen LogP contribution in [-0.2, 0) is 0 Å². The highest BCUT2D eigenvalue weighted by Crippen LogP contribution is 2.52. The van der Waals surface area contributed by atoms with E-state index in [2.05, 4.69) is 4.98 Å². The molecule has 120 valence electrons. The zero-order chi connectivity index (χ0) is 16.9. The van der Waals surface area contributed by atoms with Crippen LogP contribution in [0.2, 0.25) is 0 Å². The standard InChI is InChI=1S/C14H12F6N2/c1-7-6-21-10(5-11(7)22(2)3)8-4-9(15)12(16)14(19,20)13(8,17)18/h4-6H,1-3H3. The Morgan fingerprint density at radius 1 is 1.05 bits per heavy atom. The molecule has 0 N–H and O–H groups in total. The van der Waals surface area contributed by atoms with E-state index >= 15 is 0 Å². The molecule has 8 heteroatoms. The van der Waals surface area contributed by atoms with Crippen molar-refractivity contribution in [1.82, 2.24) is 4.98 Å². The van der Waals surface area contributed by atoms with Gasteiger partial charge in [-0.25, -0.2) is 8.78 Å². The average molecular weight is 322 g/mol. The minimum Gasteiger partial charge on any atom is -0.377 e. The summed E-state index contributed by atoms with van der Waals surface area (Å²) in [5.41, 5.74) is -0.844. The molecule has 1 aromatic heterocycles. The molecule has 0 atom stereocenters. The molecule has 1 aromatic rings. The normalized spacial score (nSPS) is 20.0. The van der Waals surface area contributed by atoms with Crippen molar-refractivity contribution in [2.75, 3.05) is 19.0 Å².